The molecule has 1 fully saturated rings. The fourth-order valence-electron chi connectivity index (χ4n) is 2.93. The van der Waals surface area contributed by atoms with Crippen LogP contribution in [-0.4, -0.2) is 47.1 Å². The van der Waals surface area contributed by atoms with Crippen LogP contribution in [0.4, 0.5) is 0 Å². The van der Waals surface area contributed by atoms with Crippen molar-refractivity contribution in [2.75, 3.05) is 26.2 Å². The standard InChI is InChI=1S/C16H32N4O4/c1-15(2,19(21)22)11-17-9-13-5-7-14(8-6-13)10-18-12-16(3,4)20(23)24/h13-14,17-18H,5-12H2,1-4H3. The maximum absolute atomic E-state index is 10.9. The monoisotopic (exact) mass is 344 g/mol. The van der Waals surface area contributed by atoms with Gasteiger partial charge in [-0.2, -0.15) is 0 Å². The van der Waals surface area contributed by atoms with Gasteiger partial charge in [-0.15, -0.1) is 0 Å². The summed E-state index contributed by atoms with van der Waals surface area (Å²) in [4.78, 5) is 21.3. The Bertz CT molecular complexity index is 392. The molecule has 0 aliphatic heterocycles. The van der Waals surface area contributed by atoms with Crippen LogP contribution in [-0.2, 0) is 0 Å². The molecule has 0 aromatic heterocycles. The van der Waals surface area contributed by atoms with Gasteiger partial charge in [0.1, 0.15) is 0 Å². The number of rotatable bonds is 10. The van der Waals surface area contributed by atoms with Crippen LogP contribution >= 0.6 is 0 Å². The zero-order chi connectivity index (χ0) is 18.4. The Hall–Kier alpha value is -1.28. The Morgan fingerprint density at radius 2 is 1.08 bits per heavy atom. The smallest absolute Gasteiger partial charge is 0.228 e. The predicted molar refractivity (Wildman–Crippen MR) is 93.3 cm³/mol. The zero-order valence-corrected chi connectivity index (χ0v) is 15.3. The van der Waals surface area contributed by atoms with Crippen LogP contribution in [0, 0.1) is 32.1 Å². The molecule has 1 saturated carbocycles. The number of nitrogens with one attached hydrogen (secondary N) is 2. The van der Waals surface area contributed by atoms with Crippen molar-refractivity contribution in [2.45, 2.75) is 64.5 Å². The maximum atomic E-state index is 10.9. The molecule has 0 bridgehead atoms. The predicted octanol–water partition coefficient (Wildman–Crippen LogP) is 2.08. The molecule has 8 nitrogen and oxygen atoms in total. The molecule has 1 aliphatic rings. The van der Waals surface area contributed by atoms with Crippen molar-refractivity contribution in [1.29, 1.82) is 0 Å². The Kier molecular flexibility index (Phi) is 7.54. The van der Waals surface area contributed by atoms with Gasteiger partial charge in [-0.3, -0.25) is 20.2 Å². The van der Waals surface area contributed by atoms with Gasteiger partial charge in [-0.25, -0.2) is 0 Å². The van der Waals surface area contributed by atoms with E-state index >= 15 is 0 Å². The first-order chi connectivity index (χ1) is 11.0. The highest BCUT2D eigenvalue weighted by Gasteiger charge is 2.32. The van der Waals surface area contributed by atoms with Gasteiger partial charge in [0.05, 0.1) is 13.1 Å². The van der Waals surface area contributed by atoms with E-state index in [1.165, 1.54) is 0 Å². The van der Waals surface area contributed by atoms with Crippen molar-refractivity contribution >= 4 is 0 Å². The van der Waals surface area contributed by atoms with Gasteiger partial charge < -0.3 is 10.6 Å². The normalized spacial score (nSPS) is 22.3. The second-order valence-electron chi connectivity index (χ2n) is 8.29. The van der Waals surface area contributed by atoms with Crippen molar-refractivity contribution in [3.63, 3.8) is 0 Å². The highest BCUT2D eigenvalue weighted by atomic mass is 16.6. The lowest BCUT2D eigenvalue weighted by atomic mass is 9.82. The third-order valence-electron chi connectivity index (χ3n) is 4.94. The second kappa shape index (κ2) is 8.71. The van der Waals surface area contributed by atoms with E-state index in [0.717, 1.165) is 38.8 Å². The van der Waals surface area contributed by atoms with Gasteiger partial charge in [-0.1, -0.05) is 0 Å². The van der Waals surface area contributed by atoms with Gasteiger partial charge >= 0.3 is 0 Å². The van der Waals surface area contributed by atoms with Crippen LogP contribution in [0.25, 0.3) is 0 Å². The summed E-state index contributed by atoms with van der Waals surface area (Å²) in [5, 5.41) is 28.2. The lowest BCUT2D eigenvalue weighted by molar-refractivity contribution is -0.558. The highest BCUT2D eigenvalue weighted by Crippen LogP contribution is 2.28. The molecule has 0 atom stereocenters. The van der Waals surface area contributed by atoms with Crippen LogP contribution < -0.4 is 10.6 Å². The largest absolute Gasteiger partial charge is 0.310 e. The summed E-state index contributed by atoms with van der Waals surface area (Å²) in [7, 11) is 0. The minimum atomic E-state index is -0.926. The molecule has 0 aromatic rings. The summed E-state index contributed by atoms with van der Waals surface area (Å²) >= 11 is 0. The van der Waals surface area contributed by atoms with E-state index < -0.39 is 11.1 Å². The quantitative estimate of drug-likeness (QED) is 0.464. The SMILES string of the molecule is CC(C)(CNCC1CCC(CNCC(C)(C)[N+](=O)[O-])CC1)[N+](=O)[O-]. The molecule has 0 saturated heterocycles. The molecule has 0 spiro atoms. The third kappa shape index (κ3) is 6.68. The molecule has 8 heteroatoms. The number of hydrogen-bond acceptors (Lipinski definition) is 6. The van der Waals surface area contributed by atoms with Crippen molar-refractivity contribution in [2.24, 2.45) is 11.8 Å². The first-order valence-corrected chi connectivity index (χ1v) is 8.75. The van der Waals surface area contributed by atoms with E-state index in [1.54, 1.807) is 27.7 Å². The van der Waals surface area contributed by atoms with E-state index in [0.29, 0.717) is 24.9 Å². The molecule has 1 aliphatic carbocycles. The average Bonchev–Trinajstić information content (AvgIpc) is 2.48. The van der Waals surface area contributed by atoms with Crippen LogP contribution in [0.2, 0.25) is 0 Å². The molecule has 0 unspecified atom stereocenters. The van der Waals surface area contributed by atoms with E-state index in [1.807, 2.05) is 0 Å². The van der Waals surface area contributed by atoms with Gasteiger partial charge in [0.2, 0.25) is 11.1 Å². The lowest BCUT2D eigenvalue weighted by Gasteiger charge is -2.30. The molecular weight excluding hydrogens is 312 g/mol. The molecule has 2 N–H and O–H groups in total. The van der Waals surface area contributed by atoms with Gasteiger partial charge in [0, 0.05) is 37.5 Å². The highest BCUT2D eigenvalue weighted by molar-refractivity contribution is 4.79. The summed E-state index contributed by atoms with van der Waals surface area (Å²) in [6, 6.07) is 0. The van der Waals surface area contributed by atoms with Crippen molar-refractivity contribution in [3.05, 3.63) is 20.2 Å². The molecule has 140 valence electrons. The molecule has 1 rings (SSSR count). The average molecular weight is 344 g/mol. The van der Waals surface area contributed by atoms with E-state index in [-0.39, 0.29) is 9.85 Å². The number of hydrogen-bond donors (Lipinski definition) is 2. The fraction of sp³-hybridized carbons (Fsp3) is 1.00. The van der Waals surface area contributed by atoms with Crippen molar-refractivity contribution in [3.8, 4) is 0 Å². The minimum Gasteiger partial charge on any atom is -0.310 e. The van der Waals surface area contributed by atoms with Crippen molar-refractivity contribution in [1.82, 2.24) is 10.6 Å². The summed E-state index contributed by atoms with van der Waals surface area (Å²) in [5.41, 5.74) is -1.85. The molecule has 0 amide bonds. The van der Waals surface area contributed by atoms with E-state index in [4.69, 9.17) is 0 Å². The molecule has 24 heavy (non-hydrogen) atoms. The summed E-state index contributed by atoms with van der Waals surface area (Å²) in [6.45, 7) is 8.96. The van der Waals surface area contributed by atoms with Crippen LogP contribution in [0.1, 0.15) is 53.4 Å². The number of nitrogens with zero attached hydrogens (tertiary/aromatic N) is 2. The Morgan fingerprint density at radius 1 is 0.792 bits per heavy atom. The Labute approximate surface area is 144 Å². The zero-order valence-electron chi connectivity index (χ0n) is 15.3. The summed E-state index contributed by atoms with van der Waals surface area (Å²) in [5.74, 6) is 1.14. The Morgan fingerprint density at radius 3 is 1.33 bits per heavy atom. The summed E-state index contributed by atoms with van der Waals surface area (Å²) < 4.78 is 0. The third-order valence-corrected chi connectivity index (χ3v) is 4.94. The van der Waals surface area contributed by atoms with Gasteiger partial charge in [0.15, 0.2) is 0 Å². The van der Waals surface area contributed by atoms with Gasteiger partial charge in [0.25, 0.3) is 0 Å². The molecule has 0 radical (unpaired) electrons. The second-order valence-corrected chi connectivity index (χ2v) is 8.29. The lowest BCUT2D eigenvalue weighted by Crippen LogP contribution is -2.44. The first kappa shape index (κ1) is 20.8. The topological polar surface area (TPSA) is 110 Å². The van der Waals surface area contributed by atoms with Crippen LogP contribution in [0.5, 0.6) is 0 Å². The van der Waals surface area contributed by atoms with E-state index in [2.05, 4.69) is 10.6 Å². The minimum absolute atomic E-state index is 0.241. The summed E-state index contributed by atoms with van der Waals surface area (Å²) in [6.07, 6.45) is 4.43. The van der Waals surface area contributed by atoms with Crippen LogP contribution in [0.3, 0.4) is 0 Å². The Balaban J connectivity index is 2.18. The maximum Gasteiger partial charge on any atom is 0.228 e. The molecule has 0 heterocycles. The van der Waals surface area contributed by atoms with Crippen LogP contribution in [0.15, 0.2) is 0 Å². The molecule has 0 aromatic carbocycles. The number of nitro groups is 2. The first-order valence-electron chi connectivity index (χ1n) is 8.75. The fourth-order valence-corrected chi connectivity index (χ4v) is 2.93. The molecular formula is C16H32N4O4. The van der Waals surface area contributed by atoms with E-state index in [9.17, 15) is 20.2 Å². The van der Waals surface area contributed by atoms with Crippen molar-refractivity contribution < 1.29 is 9.85 Å². The van der Waals surface area contributed by atoms with Gasteiger partial charge in [-0.05, 0) is 50.6 Å².